The normalized spacial score (nSPS) is 10.7. The fourth-order valence-electron chi connectivity index (χ4n) is 2.55. The van der Waals surface area contributed by atoms with Crippen molar-refractivity contribution in [1.82, 2.24) is 14.3 Å². The van der Waals surface area contributed by atoms with Crippen LogP contribution < -0.4 is 5.32 Å². The van der Waals surface area contributed by atoms with Crippen molar-refractivity contribution in [3.63, 3.8) is 0 Å². The molecule has 5 nitrogen and oxygen atoms in total. The van der Waals surface area contributed by atoms with Crippen molar-refractivity contribution in [1.29, 1.82) is 0 Å². The summed E-state index contributed by atoms with van der Waals surface area (Å²) in [4.78, 5) is 18.6. The smallest absolute Gasteiger partial charge is 0.319 e. The number of carbonyl (C=O) groups is 1. The van der Waals surface area contributed by atoms with Crippen molar-refractivity contribution in [2.45, 2.75) is 20.4 Å². The molecule has 0 radical (unpaired) electrons. The van der Waals surface area contributed by atoms with Gasteiger partial charge in [-0.3, -0.25) is 0 Å². The minimum atomic E-state index is -0.107. The van der Waals surface area contributed by atoms with Gasteiger partial charge in [-0.15, -0.1) is 0 Å². The largest absolute Gasteiger partial charge is 0.322 e. The molecule has 0 fully saturated rings. The lowest BCUT2D eigenvalue weighted by atomic mass is 10.2. The van der Waals surface area contributed by atoms with Crippen LogP contribution in [0.25, 0.3) is 5.65 Å². The molecule has 2 heterocycles. The van der Waals surface area contributed by atoms with Gasteiger partial charge in [0.1, 0.15) is 5.65 Å². The number of nitrogens with one attached hydrogen (secondary N) is 1. The van der Waals surface area contributed by atoms with Crippen molar-refractivity contribution in [2.24, 2.45) is 0 Å². The van der Waals surface area contributed by atoms with Crippen LogP contribution in [0.2, 0.25) is 0 Å². The van der Waals surface area contributed by atoms with Crippen LogP contribution in [0.3, 0.4) is 0 Å². The number of benzene rings is 1. The number of amides is 2. The molecular weight excluding hydrogens is 288 g/mol. The van der Waals surface area contributed by atoms with Crippen molar-refractivity contribution < 1.29 is 4.79 Å². The maximum atomic E-state index is 12.5. The number of rotatable bonds is 4. The molecule has 5 heteroatoms. The van der Waals surface area contributed by atoms with Gasteiger partial charge >= 0.3 is 6.03 Å². The second kappa shape index (κ2) is 6.52. The number of fused-ring (bicyclic) bond motifs is 1. The van der Waals surface area contributed by atoms with E-state index in [-0.39, 0.29) is 6.03 Å². The molecule has 23 heavy (non-hydrogen) atoms. The zero-order chi connectivity index (χ0) is 16.2. The molecule has 118 valence electrons. The number of carbonyl (C=O) groups excluding carboxylic acids is 1. The Balaban J connectivity index is 1.75. The van der Waals surface area contributed by atoms with E-state index < -0.39 is 0 Å². The van der Waals surface area contributed by atoms with Gasteiger partial charge in [-0.05, 0) is 43.7 Å². The standard InChI is InChI=1S/C18H20N4O/c1-3-21(18(23)20-15-8-6-7-14(2)11-15)13-16-12-19-17-9-4-5-10-22(16)17/h4-12H,3,13H2,1-2H3,(H,20,23). The summed E-state index contributed by atoms with van der Waals surface area (Å²) in [5.74, 6) is 0. The zero-order valence-corrected chi connectivity index (χ0v) is 13.4. The predicted octanol–water partition coefficient (Wildman–Crippen LogP) is 3.70. The molecular formula is C18H20N4O. The van der Waals surface area contributed by atoms with Crippen LogP contribution >= 0.6 is 0 Å². The maximum absolute atomic E-state index is 12.5. The van der Waals surface area contributed by atoms with E-state index in [4.69, 9.17) is 0 Å². The van der Waals surface area contributed by atoms with Crippen molar-refractivity contribution in [2.75, 3.05) is 11.9 Å². The Labute approximate surface area is 135 Å². The molecule has 0 saturated heterocycles. The van der Waals surface area contributed by atoms with Gasteiger partial charge in [-0.2, -0.15) is 0 Å². The summed E-state index contributed by atoms with van der Waals surface area (Å²) >= 11 is 0. The van der Waals surface area contributed by atoms with E-state index in [1.807, 2.05) is 73.1 Å². The van der Waals surface area contributed by atoms with Gasteiger partial charge in [0.2, 0.25) is 0 Å². The molecule has 0 bridgehead atoms. The van der Waals surface area contributed by atoms with Crippen molar-refractivity contribution in [3.05, 3.63) is 66.1 Å². The molecule has 0 aliphatic heterocycles. The highest BCUT2D eigenvalue weighted by Gasteiger charge is 2.14. The lowest BCUT2D eigenvalue weighted by Gasteiger charge is -2.21. The number of hydrogen-bond acceptors (Lipinski definition) is 2. The van der Waals surface area contributed by atoms with E-state index in [1.54, 1.807) is 4.90 Å². The minimum absolute atomic E-state index is 0.107. The highest BCUT2D eigenvalue weighted by molar-refractivity contribution is 5.89. The number of imidazole rings is 1. The van der Waals surface area contributed by atoms with E-state index in [1.165, 1.54) is 0 Å². The molecule has 0 saturated carbocycles. The summed E-state index contributed by atoms with van der Waals surface area (Å²) in [6, 6.07) is 13.6. The second-order valence-corrected chi connectivity index (χ2v) is 5.49. The van der Waals surface area contributed by atoms with Gasteiger partial charge in [0.25, 0.3) is 0 Å². The highest BCUT2D eigenvalue weighted by atomic mass is 16.2. The van der Waals surface area contributed by atoms with Gasteiger partial charge in [0.05, 0.1) is 18.4 Å². The molecule has 3 rings (SSSR count). The number of aryl methyl sites for hydroxylation is 1. The Hall–Kier alpha value is -2.82. The topological polar surface area (TPSA) is 49.6 Å². The number of hydrogen-bond donors (Lipinski definition) is 1. The molecule has 1 N–H and O–H groups in total. The Morgan fingerprint density at radius 1 is 1.26 bits per heavy atom. The molecule has 2 amide bonds. The average molecular weight is 308 g/mol. The summed E-state index contributed by atoms with van der Waals surface area (Å²) in [7, 11) is 0. The lowest BCUT2D eigenvalue weighted by molar-refractivity contribution is 0.211. The summed E-state index contributed by atoms with van der Waals surface area (Å²) in [5.41, 5.74) is 3.80. The first kappa shape index (κ1) is 15.1. The highest BCUT2D eigenvalue weighted by Crippen LogP contribution is 2.13. The van der Waals surface area contributed by atoms with Gasteiger partial charge < -0.3 is 14.6 Å². The van der Waals surface area contributed by atoms with Crippen LogP contribution in [-0.2, 0) is 6.54 Å². The molecule has 3 aromatic rings. The van der Waals surface area contributed by atoms with E-state index in [0.717, 1.165) is 22.6 Å². The third kappa shape index (κ3) is 3.34. The fourth-order valence-corrected chi connectivity index (χ4v) is 2.55. The maximum Gasteiger partial charge on any atom is 0.322 e. The third-order valence-corrected chi connectivity index (χ3v) is 3.78. The predicted molar refractivity (Wildman–Crippen MR) is 91.5 cm³/mol. The lowest BCUT2D eigenvalue weighted by Crippen LogP contribution is -2.34. The SMILES string of the molecule is CCN(Cc1cnc2ccccn12)C(=O)Nc1cccc(C)c1. The first-order valence-electron chi connectivity index (χ1n) is 7.71. The quantitative estimate of drug-likeness (QED) is 0.799. The van der Waals surface area contributed by atoms with Crippen LogP contribution in [-0.4, -0.2) is 26.9 Å². The zero-order valence-electron chi connectivity index (χ0n) is 13.4. The Kier molecular flexibility index (Phi) is 4.28. The van der Waals surface area contributed by atoms with Crippen molar-refractivity contribution >= 4 is 17.4 Å². The summed E-state index contributed by atoms with van der Waals surface area (Å²) in [5, 5.41) is 2.95. The van der Waals surface area contributed by atoms with Crippen LogP contribution in [0.5, 0.6) is 0 Å². The van der Waals surface area contributed by atoms with E-state index in [2.05, 4.69) is 10.3 Å². The van der Waals surface area contributed by atoms with E-state index in [9.17, 15) is 4.79 Å². The van der Waals surface area contributed by atoms with Gasteiger partial charge in [-0.1, -0.05) is 18.2 Å². The summed E-state index contributed by atoms with van der Waals surface area (Å²) < 4.78 is 2.00. The summed E-state index contributed by atoms with van der Waals surface area (Å²) in [6.45, 7) is 5.11. The second-order valence-electron chi connectivity index (χ2n) is 5.49. The van der Waals surface area contributed by atoms with Crippen LogP contribution in [0, 0.1) is 6.92 Å². The number of anilines is 1. The van der Waals surface area contributed by atoms with E-state index in [0.29, 0.717) is 13.1 Å². The van der Waals surface area contributed by atoms with Gasteiger partial charge in [0.15, 0.2) is 0 Å². The van der Waals surface area contributed by atoms with E-state index >= 15 is 0 Å². The molecule has 0 aliphatic carbocycles. The molecule has 0 atom stereocenters. The van der Waals surface area contributed by atoms with Crippen LogP contribution in [0.1, 0.15) is 18.2 Å². The molecule has 1 aromatic carbocycles. The molecule has 2 aromatic heterocycles. The van der Waals surface area contributed by atoms with Gasteiger partial charge in [0, 0.05) is 18.4 Å². The number of nitrogens with zero attached hydrogens (tertiary/aromatic N) is 3. The fraction of sp³-hybridized carbons (Fsp3) is 0.222. The minimum Gasteiger partial charge on any atom is -0.319 e. The Bertz CT molecular complexity index is 825. The first-order chi connectivity index (χ1) is 11.2. The summed E-state index contributed by atoms with van der Waals surface area (Å²) in [6.07, 6.45) is 3.78. The van der Waals surface area contributed by atoms with Gasteiger partial charge in [-0.25, -0.2) is 9.78 Å². The van der Waals surface area contributed by atoms with Crippen molar-refractivity contribution in [3.8, 4) is 0 Å². The first-order valence-corrected chi connectivity index (χ1v) is 7.71. The number of urea groups is 1. The molecule has 0 unspecified atom stereocenters. The Morgan fingerprint density at radius 3 is 2.91 bits per heavy atom. The molecule has 0 spiro atoms. The number of aromatic nitrogens is 2. The third-order valence-electron chi connectivity index (χ3n) is 3.78. The molecule has 0 aliphatic rings. The number of pyridine rings is 1. The van der Waals surface area contributed by atoms with Crippen LogP contribution in [0.15, 0.2) is 54.9 Å². The monoisotopic (exact) mass is 308 g/mol. The van der Waals surface area contributed by atoms with Crippen LogP contribution in [0.4, 0.5) is 10.5 Å². The Morgan fingerprint density at radius 2 is 2.13 bits per heavy atom. The average Bonchev–Trinajstić information content (AvgIpc) is 2.95.